The molecule has 4 nitrogen and oxygen atoms in total. The molecule has 0 saturated heterocycles. The molecule has 1 fully saturated rings. The molecule has 19 heavy (non-hydrogen) atoms. The molecular formula is C15H18N2O2. The molecule has 0 amide bonds. The highest BCUT2D eigenvalue weighted by Gasteiger charge is 2.25. The van der Waals surface area contributed by atoms with Gasteiger partial charge in [-0.1, -0.05) is 13.0 Å². The van der Waals surface area contributed by atoms with Crippen molar-refractivity contribution in [3.05, 3.63) is 29.6 Å². The summed E-state index contributed by atoms with van der Waals surface area (Å²) in [6.45, 7) is 3.04. The van der Waals surface area contributed by atoms with Crippen LogP contribution < -0.4 is 0 Å². The number of carbonyl (C=O) groups is 1. The van der Waals surface area contributed by atoms with Crippen LogP contribution in [0.4, 0.5) is 0 Å². The van der Waals surface area contributed by atoms with Crippen LogP contribution in [-0.4, -0.2) is 20.6 Å². The number of hydrogen-bond donors (Lipinski definition) is 1. The van der Waals surface area contributed by atoms with E-state index in [4.69, 9.17) is 0 Å². The van der Waals surface area contributed by atoms with Gasteiger partial charge in [-0.3, -0.25) is 0 Å². The predicted octanol–water partition coefficient (Wildman–Crippen LogP) is 3.10. The van der Waals surface area contributed by atoms with Crippen molar-refractivity contribution >= 4 is 17.0 Å². The monoisotopic (exact) mass is 258 g/mol. The van der Waals surface area contributed by atoms with Gasteiger partial charge < -0.3 is 9.67 Å². The number of rotatable bonds is 5. The number of aryl methyl sites for hydroxylation is 1. The molecule has 0 bridgehead atoms. The van der Waals surface area contributed by atoms with Crippen LogP contribution in [0.3, 0.4) is 0 Å². The van der Waals surface area contributed by atoms with Crippen molar-refractivity contribution in [2.24, 2.45) is 5.92 Å². The molecule has 4 heteroatoms. The number of imidazole rings is 1. The highest BCUT2D eigenvalue weighted by molar-refractivity contribution is 6.01. The number of carboxylic acid groups (broad SMARTS) is 1. The van der Waals surface area contributed by atoms with E-state index >= 15 is 0 Å². The Kier molecular flexibility index (Phi) is 3.01. The van der Waals surface area contributed by atoms with Crippen molar-refractivity contribution in [1.29, 1.82) is 0 Å². The van der Waals surface area contributed by atoms with Crippen LogP contribution in [0.15, 0.2) is 18.2 Å². The first-order chi connectivity index (χ1) is 9.20. The lowest BCUT2D eigenvalue weighted by molar-refractivity contribution is 0.0698. The molecule has 1 aliphatic carbocycles. The fourth-order valence-corrected chi connectivity index (χ4v) is 2.58. The minimum atomic E-state index is -0.870. The molecule has 0 radical (unpaired) electrons. The third kappa shape index (κ3) is 2.23. The first kappa shape index (κ1) is 12.2. The number of aromatic carboxylic acids is 1. The topological polar surface area (TPSA) is 55.1 Å². The number of fused-ring (bicyclic) bond motifs is 1. The summed E-state index contributed by atoms with van der Waals surface area (Å²) >= 11 is 0. The van der Waals surface area contributed by atoms with E-state index in [1.54, 1.807) is 12.1 Å². The fraction of sp³-hybridized carbons (Fsp3) is 0.467. The van der Waals surface area contributed by atoms with E-state index < -0.39 is 5.97 Å². The van der Waals surface area contributed by atoms with Gasteiger partial charge in [0.15, 0.2) is 0 Å². The Morgan fingerprint density at radius 1 is 1.47 bits per heavy atom. The van der Waals surface area contributed by atoms with Gasteiger partial charge in [-0.25, -0.2) is 9.78 Å². The lowest BCUT2D eigenvalue weighted by Crippen LogP contribution is -2.08. The highest BCUT2D eigenvalue weighted by Crippen LogP contribution is 2.33. The standard InChI is InChI=1S/C15H18N2O2/c1-2-4-13-16-12-6-3-5-11(15(18)19)14(12)17(13)9-10-7-8-10/h3,5-6,10H,2,4,7-9H2,1H3,(H,18,19). The van der Waals surface area contributed by atoms with E-state index in [9.17, 15) is 9.90 Å². The maximum Gasteiger partial charge on any atom is 0.337 e. The molecule has 1 aliphatic rings. The minimum absolute atomic E-state index is 0.369. The number of hydrogen-bond acceptors (Lipinski definition) is 2. The largest absolute Gasteiger partial charge is 0.478 e. The summed E-state index contributed by atoms with van der Waals surface area (Å²) in [7, 11) is 0. The predicted molar refractivity (Wildman–Crippen MR) is 73.4 cm³/mol. The highest BCUT2D eigenvalue weighted by atomic mass is 16.4. The molecule has 1 heterocycles. The molecule has 0 aliphatic heterocycles. The molecule has 3 rings (SSSR count). The average Bonchev–Trinajstić information content (AvgIpc) is 3.13. The van der Waals surface area contributed by atoms with Crippen LogP contribution in [0.25, 0.3) is 11.0 Å². The van der Waals surface area contributed by atoms with Gasteiger partial charge in [0, 0.05) is 13.0 Å². The Labute approximate surface area is 112 Å². The normalized spacial score (nSPS) is 15.0. The van der Waals surface area contributed by atoms with E-state index in [0.717, 1.165) is 36.2 Å². The smallest absolute Gasteiger partial charge is 0.337 e. The summed E-state index contributed by atoms with van der Waals surface area (Å²) in [6, 6.07) is 5.35. The Balaban J connectivity index is 2.19. The molecule has 100 valence electrons. The van der Waals surface area contributed by atoms with Crippen LogP contribution in [0.2, 0.25) is 0 Å². The summed E-state index contributed by atoms with van der Waals surface area (Å²) in [5.41, 5.74) is 1.97. The molecule has 1 saturated carbocycles. The maximum absolute atomic E-state index is 11.4. The molecule has 0 atom stereocenters. The molecule has 1 aromatic carbocycles. The van der Waals surface area contributed by atoms with E-state index in [0.29, 0.717) is 11.5 Å². The van der Waals surface area contributed by atoms with Crippen molar-refractivity contribution in [3.8, 4) is 0 Å². The number of nitrogens with zero attached hydrogens (tertiary/aromatic N) is 2. The summed E-state index contributed by atoms with van der Waals surface area (Å²) in [6.07, 6.45) is 4.43. The lowest BCUT2D eigenvalue weighted by Gasteiger charge is -2.09. The molecule has 2 aromatic rings. The zero-order chi connectivity index (χ0) is 13.4. The van der Waals surface area contributed by atoms with Crippen molar-refractivity contribution in [3.63, 3.8) is 0 Å². The van der Waals surface area contributed by atoms with Crippen LogP contribution in [0.1, 0.15) is 42.4 Å². The van der Waals surface area contributed by atoms with Crippen LogP contribution in [-0.2, 0) is 13.0 Å². The average molecular weight is 258 g/mol. The van der Waals surface area contributed by atoms with Crippen molar-refractivity contribution in [2.75, 3.05) is 0 Å². The zero-order valence-corrected chi connectivity index (χ0v) is 11.1. The Hall–Kier alpha value is -1.84. The third-order valence-electron chi connectivity index (χ3n) is 3.69. The lowest BCUT2D eigenvalue weighted by atomic mass is 10.2. The van der Waals surface area contributed by atoms with Crippen molar-refractivity contribution in [1.82, 2.24) is 9.55 Å². The van der Waals surface area contributed by atoms with Crippen molar-refractivity contribution in [2.45, 2.75) is 39.2 Å². The summed E-state index contributed by atoms with van der Waals surface area (Å²) in [5.74, 6) is 0.860. The molecule has 1 N–H and O–H groups in total. The van der Waals surface area contributed by atoms with E-state index in [2.05, 4.69) is 16.5 Å². The fourth-order valence-electron chi connectivity index (χ4n) is 2.58. The minimum Gasteiger partial charge on any atom is -0.478 e. The quantitative estimate of drug-likeness (QED) is 0.896. The Bertz CT molecular complexity index is 626. The Morgan fingerprint density at radius 2 is 2.26 bits per heavy atom. The third-order valence-corrected chi connectivity index (χ3v) is 3.69. The van der Waals surface area contributed by atoms with Gasteiger partial charge in [0.25, 0.3) is 0 Å². The molecule has 0 unspecified atom stereocenters. The summed E-state index contributed by atoms with van der Waals surface area (Å²) in [4.78, 5) is 16.0. The summed E-state index contributed by atoms with van der Waals surface area (Å²) in [5, 5.41) is 9.36. The maximum atomic E-state index is 11.4. The summed E-state index contributed by atoms with van der Waals surface area (Å²) < 4.78 is 2.14. The Morgan fingerprint density at radius 3 is 2.89 bits per heavy atom. The van der Waals surface area contributed by atoms with Gasteiger partial charge >= 0.3 is 5.97 Å². The van der Waals surface area contributed by atoms with Crippen LogP contribution >= 0.6 is 0 Å². The molecular weight excluding hydrogens is 240 g/mol. The second-order valence-corrected chi connectivity index (χ2v) is 5.31. The van der Waals surface area contributed by atoms with Crippen LogP contribution in [0, 0.1) is 5.92 Å². The number of carboxylic acids is 1. The van der Waals surface area contributed by atoms with Gasteiger partial charge in [0.2, 0.25) is 0 Å². The van der Waals surface area contributed by atoms with Gasteiger partial charge in [-0.2, -0.15) is 0 Å². The van der Waals surface area contributed by atoms with Crippen LogP contribution in [0.5, 0.6) is 0 Å². The second kappa shape index (κ2) is 4.68. The first-order valence-corrected chi connectivity index (χ1v) is 6.92. The van der Waals surface area contributed by atoms with Gasteiger partial charge in [-0.15, -0.1) is 0 Å². The zero-order valence-electron chi connectivity index (χ0n) is 11.1. The SMILES string of the molecule is CCCc1nc2cccc(C(=O)O)c2n1CC1CC1. The van der Waals surface area contributed by atoms with E-state index in [1.165, 1.54) is 12.8 Å². The number of para-hydroxylation sites is 1. The van der Waals surface area contributed by atoms with E-state index in [-0.39, 0.29) is 0 Å². The van der Waals surface area contributed by atoms with E-state index in [1.807, 2.05) is 6.07 Å². The van der Waals surface area contributed by atoms with Crippen molar-refractivity contribution < 1.29 is 9.90 Å². The van der Waals surface area contributed by atoms with Gasteiger partial charge in [-0.05, 0) is 37.3 Å². The van der Waals surface area contributed by atoms with Gasteiger partial charge in [0.05, 0.1) is 16.6 Å². The number of aromatic nitrogens is 2. The second-order valence-electron chi connectivity index (χ2n) is 5.31. The molecule has 1 aromatic heterocycles. The molecule has 0 spiro atoms. The number of benzene rings is 1. The van der Waals surface area contributed by atoms with Gasteiger partial charge in [0.1, 0.15) is 5.82 Å². The first-order valence-electron chi connectivity index (χ1n) is 6.92.